The van der Waals surface area contributed by atoms with Crippen LogP contribution in [0.15, 0.2) is 36.4 Å². The Hall–Kier alpha value is -1.87. The van der Waals surface area contributed by atoms with E-state index in [1.807, 2.05) is 25.1 Å². The van der Waals surface area contributed by atoms with E-state index in [1.54, 1.807) is 12.1 Å². The molecule has 0 atom stereocenters. The van der Waals surface area contributed by atoms with Crippen molar-refractivity contribution in [3.8, 4) is 16.9 Å². The molecule has 0 saturated heterocycles. The molecule has 134 valence electrons. The SMILES string of the molecule is CCOc1cc(-c2ccc(C3CCC(C)CC3)cc2F)ccc1CO. The summed E-state index contributed by atoms with van der Waals surface area (Å²) in [6.07, 6.45) is 4.77. The summed E-state index contributed by atoms with van der Waals surface area (Å²) in [4.78, 5) is 0. The van der Waals surface area contributed by atoms with Gasteiger partial charge in [0.25, 0.3) is 0 Å². The normalized spacial score (nSPS) is 20.5. The number of aliphatic hydroxyl groups excluding tert-OH is 1. The summed E-state index contributed by atoms with van der Waals surface area (Å²) in [5.74, 6) is 1.71. The van der Waals surface area contributed by atoms with E-state index in [4.69, 9.17) is 4.74 Å². The molecule has 2 aromatic carbocycles. The summed E-state index contributed by atoms with van der Waals surface area (Å²) in [6, 6.07) is 11.1. The third-order valence-electron chi connectivity index (χ3n) is 5.33. The van der Waals surface area contributed by atoms with Crippen LogP contribution in [0.25, 0.3) is 11.1 Å². The van der Waals surface area contributed by atoms with Crippen molar-refractivity contribution in [2.45, 2.75) is 52.1 Å². The first-order chi connectivity index (χ1) is 12.1. The maximum atomic E-state index is 14.8. The molecule has 0 aliphatic heterocycles. The Kier molecular flexibility index (Phi) is 5.74. The second-order valence-corrected chi connectivity index (χ2v) is 7.11. The second kappa shape index (κ2) is 8.01. The topological polar surface area (TPSA) is 29.5 Å². The molecule has 3 rings (SSSR count). The molecule has 2 aromatic rings. The Morgan fingerprint density at radius 1 is 1.08 bits per heavy atom. The molecule has 0 bridgehead atoms. The van der Waals surface area contributed by atoms with E-state index >= 15 is 0 Å². The first-order valence-electron chi connectivity index (χ1n) is 9.28. The Labute approximate surface area is 149 Å². The van der Waals surface area contributed by atoms with Crippen molar-refractivity contribution in [1.29, 1.82) is 0 Å². The summed E-state index contributed by atoms with van der Waals surface area (Å²) in [5, 5.41) is 9.41. The third kappa shape index (κ3) is 4.04. The van der Waals surface area contributed by atoms with Crippen LogP contribution in [0.4, 0.5) is 4.39 Å². The van der Waals surface area contributed by atoms with Gasteiger partial charge in [-0.05, 0) is 54.9 Å². The molecular formula is C22H27FO2. The van der Waals surface area contributed by atoms with Crippen molar-refractivity contribution in [3.05, 3.63) is 53.3 Å². The number of hydrogen-bond donors (Lipinski definition) is 1. The summed E-state index contributed by atoms with van der Waals surface area (Å²) < 4.78 is 20.4. The van der Waals surface area contributed by atoms with E-state index < -0.39 is 0 Å². The van der Waals surface area contributed by atoms with Crippen molar-refractivity contribution in [1.82, 2.24) is 0 Å². The number of ether oxygens (including phenoxy) is 1. The Morgan fingerprint density at radius 2 is 1.84 bits per heavy atom. The quantitative estimate of drug-likeness (QED) is 0.758. The number of rotatable bonds is 5. The number of benzene rings is 2. The van der Waals surface area contributed by atoms with Gasteiger partial charge in [-0.15, -0.1) is 0 Å². The van der Waals surface area contributed by atoms with Crippen molar-refractivity contribution in [2.24, 2.45) is 5.92 Å². The fourth-order valence-corrected chi connectivity index (χ4v) is 3.76. The van der Waals surface area contributed by atoms with Crippen molar-refractivity contribution in [3.63, 3.8) is 0 Å². The van der Waals surface area contributed by atoms with E-state index in [1.165, 1.54) is 12.8 Å². The minimum Gasteiger partial charge on any atom is -0.493 e. The van der Waals surface area contributed by atoms with Crippen LogP contribution in [0, 0.1) is 11.7 Å². The third-order valence-corrected chi connectivity index (χ3v) is 5.33. The Balaban J connectivity index is 1.87. The van der Waals surface area contributed by atoms with Gasteiger partial charge in [-0.1, -0.05) is 44.0 Å². The molecule has 0 aromatic heterocycles. The Morgan fingerprint density at radius 3 is 2.48 bits per heavy atom. The molecule has 0 heterocycles. The summed E-state index contributed by atoms with van der Waals surface area (Å²) in [5.41, 5.74) is 3.20. The van der Waals surface area contributed by atoms with Crippen LogP contribution in [-0.2, 0) is 6.61 Å². The zero-order valence-corrected chi connectivity index (χ0v) is 15.1. The number of halogens is 1. The molecule has 0 spiro atoms. The maximum absolute atomic E-state index is 14.8. The van der Waals surface area contributed by atoms with E-state index in [-0.39, 0.29) is 12.4 Å². The van der Waals surface area contributed by atoms with Gasteiger partial charge in [-0.3, -0.25) is 0 Å². The van der Waals surface area contributed by atoms with Crippen LogP contribution in [0.5, 0.6) is 5.75 Å². The van der Waals surface area contributed by atoms with Gasteiger partial charge in [0, 0.05) is 11.1 Å². The second-order valence-electron chi connectivity index (χ2n) is 7.11. The smallest absolute Gasteiger partial charge is 0.131 e. The molecule has 1 aliphatic carbocycles. The van der Waals surface area contributed by atoms with Gasteiger partial charge in [0.15, 0.2) is 0 Å². The van der Waals surface area contributed by atoms with E-state index in [2.05, 4.69) is 13.0 Å². The predicted octanol–water partition coefficient (Wildman–Crippen LogP) is 5.68. The van der Waals surface area contributed by atoms with Crippen molar-refractivity contribution < 1.29 is 14.2 Å². The van der Waals surface area contributed by atoms with E-state index in [0.717, 1.165) is 35.4 Å². The molecule has 1 aliphatic rings. The lowest BCUT2D eigenvalue weighted by molar-refractivity contribution is 0.267. The van der Waals surface area contributed by atoms with Gasteiger partial charge in [0.2, 0.25) is 0 Å². The highest BCUT2D eigenvalue weighted by Gasteiger charge is 2.21. The summed E-state index contributed by atoms with van der Waals surface area (Å²) >= 11 is 0. The van der Waals surface area contributed by atoms with Gasteiger partial charge in [0.05, 0.1) is 13.2 Å². The first-order valence-corrected chi connectivity index (χ1v) is 9.28. The lowest BCUT2D eigenvalue weighted by atomic mass is 9.79. The van der Waals surface area contributed by atoms with Crippen LogP contribution in [0.3, 0.4) is 0 Å². The molecule has 0 unspecified atom stereocenters. The first kappa shape index (κ1) is 17.9. The highest BCUT2D eigenvalue weighted by Crippen LogP contribution is 2.37. The molecule has 25 heavy (non-hydrogen) atoms. The highest BCUT2D eigenvalue weighted by molar-refractivity contribution is 5.67. The van der Waals surface area contributed by atoms with E-state index in [9.17, 15) is 9.50 Å². The molecule has 0 radical (unpaired) electrons. The predicted molar refractivity (Wildman–Crippen MR) is 99.3 cm³/mol. The van der Waals surface area contributed by atoms with Crippen LogP contribution < -0.4 is 4.74 Å². The molecule has 0 amide bonds. The lowest BCUT2D eigenvalue weighted by Crippen LogP contribution is -2.11. The number of aliphatic hydroxyl groups is 1. The van der Waals surface area contributed by atoms with Crippen LogP contribution in [-0.4, -0.2) is 11.7 Å². The molecule has 1 saturated carbocycles. The van der Waals surface area contributed by atoms with Gasteiger partial charge in [-0.2, -0.15) is 0 Å². The molecule has 3 heteroatoms. The fraction of sp³-hybridized carbons (Fsp3) is 0.455. The Bertz CT molecular complexity index is 718. The van der Waals surface area contributed by atoms with Crippen LogP contribution in [0.1, 0.15) is 56.6 Å². The fourth-order valence-electron chi connectivity index (χ4n) is 3.76. The molecular weight excluding hydrogens is 315 g/mol. The minimum atomic E-state index is -0.185. The lowest BCUT2D eigenvalue weighted by Gasteiger charge is -2.26. The van der Waals surface area contributed by atoms with Gasteiger partial charge in [-0.25, -0.2) is 4.39 Å². The highest BCUT2D eigenvalue weighted by atomic mass is 19.1. The minimum absolute atomic E-state index is 0.0862. The summed E-state index contributed by atoms with van der Waals surface area (Å²) in [6.45, 7) is 4.62. The molecule has 2 nitrogen and oxygen atoms in total. The largest absolute Gasteiger partial charge is 0.493 e. The average Bonchev–Trinajstić information content (AvgIpc) is 2.62. The monoisotopic (exact) mass is 342 g/mol. The zero-order chi connectivity index (χ0) is 17.8. The summed E-state index contributed by atoms with van der Waals surface area (Å²) in [7, 11) is 0. The van der Waals surface area contributed by atoms with Gasteiger partial charge in [0.1, 0.15) is 11.6 Å². The zero-order valence-electron chi connectivity index (χ0n) is 15.1. The van der Waals surface area contributed by atoms with Crippen molar-refractivity contribution >= 4 is 0 Å². The van der Waals surface area contributed by atoms with Crippen LogP contribution >= 0.6 is 0 Å². The van der Waals surface area contributed by atoms with Crippen LogP contribution in [0.2, 0.25) is 0 Å². The molecule has 1 N–H and O–H groups in total. The molecule has 1 fully saturated rings. The van der Waals surface area contributed by atoms with Gasteiger partial charge >= 0.3 is 0 Å². The van der Waals surface area contributed by atoms with Crippen molar-refractivity contribution in [2.75, 3.05) is 6.61 Å². The van der Waals surface area contributed by atoms with E-state index in [0.29, 0.717) is 23.8 Å². The standard InChI is InChI=1S/C22H27FO2/c1-3-25-22-13-18(8-9-19(22)14-24)20-11-10-17(12-21(20)23)16-6-4-15(2)5-7-16/h8-13,15-16,24H,3-7,14H2,1-2H3. The maximum Gasteiger partial charge on any atom is 0.131 e. The van der Waals surface area contributed by atoms with Gasteiger partial charge < -0.3 is 9.84 Å². The average molecular weight is 342 g/mol. The number of hydrogen-bond acceptors (Lipinski definition) is 2.